The standard InChI is InChI=1S/C26H22ClFN2O2/c1-26(32,25(31)13-17-8-9-23(29-2)21(27)12-17)16-30-11-10-19-14-22(28)20(15-24(19)30)18-6-4-3-5-7-18/h3-9,12,14-15,32H,10-11,13,16H2,1H3/t26-/m0/s1. The smallest absolute Gasteiger partial charge is 0.205 e. The monoisotopic (exact) mass is 448 g/mol. The van der Waals surface area contributed by atoms with Crippen molar-refractivity contribution in [2.45, 2.75) is 25.4 Å². The van der Waals surface area contributed by atoms with Gasteiger partial charge in [0.25, 0.3) is 0 Å². The first-order chi connectivity index (χ1) is 15.3. The van der Waals surface area contributed by atoms with Gasteiger partial charge in [0, 0.05) is 29.2 Å². The highest BCUT2D eigenvalue weighted by molar-refractivity contribution is 6.33. The summed E-state index contributed by atoms with van der Waals surface area (Å²) in [5.41, 5.74) is 2.34. The summed E-state index contributed by atoms with van der Waals surface area (Å²) in [6.07, 6.45) is 0.656. The minimum Gasteiger partial charge on any atom is -0.380 e. The molecule has 1 N–H and O–H groups in total. The second-order valence-electron chi connectivity index (χ2n) is 8.27. The average molecular weight is 449 g/mol. The predicted molar refractivity (Wildman–Crippen MR) is 125 cm³/mol. The van der Waals surface area contributed by atoms with E-state index in [4.69, 9.17) is 18.2 Å². The van der Waals surface area contributed by atoms with Gasteiger partial charge in [0.15, 0.2) is 5.78 Å². The maximum Gasteiger partial charge on any atom is 0.205 e. The topological polar surface area (TPSA) is 44.9 Å². The lowest BCUT2D eigenvalue weighted by Crippen LogP contribution is -2.47. The number of hydrogen-bond donors (Lipinski definition) is 1. The molecule has 3 aromatic carbocycles. The van der Waals surface area contributed by atoms with Crippen molar-refractivity contribution in [3.05, 3.63) is 94.0 Å². The number of benzene rings is 3. The summed E-state index contributed by atoms with van der Waals surface area (Å²) in [5, 5.41) is 11.3. The molecule has 0 unspecified atom stereocenters. The molecule has 0 radical (unpaired) electrons. The fourth-order valence-electron chi connectivity index (χ4n) is 4.06. The lowest BCUT2D eigenvalue weighted by molar-refractivity contribution is -0.134. The highest BCUT2D eigenvalue weighted by atomic mass is 35.5. The molecule has 32 heavy (non-hydrogen) atoms. The molecule has 0 bridgehead atoms. The lowest BCUT2D eigenvalue weighted by Gasteiger charge is -2.30. The van der Waals surface area contributed by atoms with E-state index < -0.39 is 5.60 Å². The van der Waals surface area contributed by atoms with Crippen LogP contribution in [0.2, 0.25) is 5.02 Å². The molecular weight excluding hydrogens is 427 g/mol. The van der Waals surface area contributed by atoms with Crippen molar-refractivity contribution in [2.24, 2.45) is 0 Å². The Morgan fingerprint density at radius 1 is 1.22 bits per heavy atom. The number of carbonyl (C=O) groups excluding carboxylic acids is 1. The molecule has 0 aliphatic carbocycles. The summed E-state index contributed by atoms with van der Waals surface area (Å²) in [5.74, 6) is -0.623. The van der Waals surface area contributed by atoms with Gasteiger partial charge < -0.3 is 10.0 Å². The first-order valence-corrected chi connectivity index (χ1v) is 10.7. The summed E-state index contributed by atoms with van der Waals surface area (Å²) in [4.78, 5) is 18.2. The van der Waals surface area contributed by atoms with Gasteiger partial charge in [0.2, 0.25) is 5.69 Å². The van der Waals surface area contributed by atoms with Gasteiger partial charge in [-0.15, -0.1) is 0 Å². The SMILES string of the molecule is [C-]#[N+]c1ccc(CC(=O)[C@@](C)(O)CN2CCc3cc(F)c(-c4ccccc4)cc32)cc1Cl. The molecule has 1 aliphatic heterocycles. The summed E-state index contributed by atoms with van der Waals surface area (Å²) < 4.78 is 14.7. The Hall–Kier alpha value is -3.20. The Morgan fingerprint density at radius 3 is 2.66 bits per heavy atom. The van der Waals surface area contributed by atoms with E-state index in [1.165, 1.54) is 6.92 Å². The Labute approximate surface area is 191 Å². The molecule has 1 atom stereocenters. The number of rotatable bonds is 6. The van der Waals surface area contributed by atoms with Crippen molar-refractivity contribution < 1.29 is 14.3 Å². The number of ketones is 1. The Balaban J connectivity index is 1.54. The zero-order valence-corrected chi connectivity index (χ0v) is 18.4. The van der Waals surface area contributed by atoms with Crippen molar-refractivity contribution in [1.29, 1.82) is 0 Å². The largest absolute Gasteiger partial charge is 0.380 e. The van der Waals surface area contributed by atoms with E-state index in [-0.39, 0.29) is 29.6 Å². The van der Waals surface area contributed by atoms with E-state index in [1.54, 1.807) is 30.3 Å². The van der Waals surface area contributed by atoms with E-state index in [2.05, 4.69) is 4.85 Å². The maximum atomic E-state index is 14.7. The second-order valence-corrected chi connectivity index (χ2v) is 8.68. The molecular formula is C26H22ClFN2O2. The van der Waals surface area contributed by atoms with Crippen LogP contribution in [0.4, 0.5) is 15.8 Å². The molecule has 0 aromatic heterocycles. The van der Waals surface area contributed by atoms with Crippen molar-refractivity contribution >= 4 is 28.8 Å². The van der Waals surface area contributed by atoms with Crippen LogP contribution in [0.15, 0.2) is 60.7 Å². The van der Waals surface area contributed by atoms with E-state index in [0.717, 1.165) is 16.8 Å². The van der Waals surface area contributed by atoms with Crippen LogP contribution in [-0.2, 0) is 17.6 Å². The molecule has 162 valence electrons. The molecule has 0 amide bonds. The number of aliphatic hydroxyl groups is 1. The molecule has 0 spiro atoms. The molecule has 1 heterocycles. The summed E-state index contributed by atoms with van der Waals surface area (Å²) in [6.45, 7) is 9.28. The Bertz CT molecular complexity index is 1220. The molecule has 4 rings (SSSR count). The number of Topliss-reactive ketones (excluding diaryl/α,β-unsaturated/α-hetero) is 1. The van der Waals surface area contributed by atoms with Crippen LogP contribution in [0.1, 0.15) is 18.1 Å². The van der Waals surface area contributed by atoms with E-state index in [0.29, 0.717) is 29.8 Å². The van der Waals surface area contributed by atoms with Crippen LogP contribution in [-0.4, -0.2) is 29.6 Å². The minimum absolute atomic E-state index is 0.00435. The van der Waals surface area contributed by atoms with Gasteiger partial charge in [-0.3, -0.25) is 4.79 Å². The van der Waals surface area contributed by atoms with E-state index >= 15 is 0 Å². The van der Waals surface area contributed by atoms with Crippen molar-refractivity contribution in [2.75, 3.05) is 18.0 Å². The summed E-state index contributed by atoms with van der Waals surface area (Å²) in [6, 6.07) is 17.5. The highest BCUT2D eigenvalue weighted by Gasteiger charge is 2.35. The van der Waals surface area contributed by atoms with Crippen molar-refractivity contribution in [3.63, 3.8) is 0 Å². The van der Waals surface area contributed by atoms with Crippen LogP contribution in [0, 0.1) is 12.4 Å². The number of fused-ring (bicyclic) bond motifs is 1. The molecule has 0 saturated heterocycles. The van der Waals surface area contributed by atoms with Crippen molar-refractivity contribution in [1.82, 2.24) is 0 Å². The van der Waals surface area contributed by atoms with Gasteiger partial charge in [0.05, 0.1) is 13.1 Å². The van der Waals surface area contributed by atoms with Gasteiger partial charge >= 0.3 is 0 Å². The lowest BCUT2D eigenvalue weighted by atomic mass is 9.94. The highest BCUT2D eigenvalue weighted by Crippen LogP contribution is 2.36. The third-order valence-corrected chi connectivity index (χ3v) is 6.14. The van der Waals surface area contributed by atoms with E-state index in [1.807, 2.05) is 35.2 Å². The predicted octanol–water partition coefficient (Wildman–Crippen LogP) is 5.62. The number of β-amino-alcohol motifs (C(OH)–C–C–N with tert-alkyl or cyclic N) is 1. The quantitative estimate of drug-likeness (QED) is 0.497. The molecule has 6 heteroatoms. The van der Waals surface area contributed by atoms with Gasteiger partial charge in [0.1, 0.15) is 11.4 Å². The first kappa shape index (κ1) is 22.0. The van der Waals surface area contributed by atoms with Gasteiger partial charge in [-0.1, -0.05) is 60.1 Å². The molecule has 0 fully saturated rings. The Kier molecular flexibility index (Phi) is 6.01. The average Bonchev–Trinajstić information content (AvgIpc) is 3.14. The van der Waals surface area contributed by atoms with Gasteiger partial charge in [-0.2, -0.15) is 0 Å². The Morgan fingerprint density at radius 2 is 1.97 bits per heavy atom. The van der Waals surface area contributed by atoms with Crippen molar-refractivity contribution in [3.8, 4) is 11.1 Å². The first-order valence-electron chi connectivity index (χ1n) is 10.3. The zero-order valence-electron chi connectivity index (χ0n) is 17.6. The number of nitrogens with zero attached hydrogens (tertiary/aromatic N) is 2. The minimum atomic E-state index is -1.60. The van der Waals surface area contributed by atoms with Crippen LogP contribution in [0.5, 0.6) is 0 Å². The van der Waals surface area contributed by atoms with Crippen LogP contribution in [0.25, 0.3) is 16.0 Å². The number of hydrogen-bond acceptors (Lipinski definition) is 3. The summed E-state index contributed by atoms with van der Waals surface area (Å²) in [7, 11) is 0. The fraction of sp³-hybridized carbons (Fsp3) is 0.231. The van der Waals surface area contributed by atoms with Crippen LogP contribution < -0.4 is 4.90 Å². The molecule has 4 nitrogen and oxygen atoms in total. The number of carbonyl (C=O) groups is 1. The third-order valence-electron chi connectivity index (χ3n) is 5.84. The fourth-order valence-corrected chi connectivity index (χ4v) is 4.31. The van der Waals surface area contributed by atoms with Gasteiger partial charge in [-0.25, -0.2) is 9.24 Å². The number of halogens is 2. The second kappa shape index (κ2) is 8.74. The maximum absolute atomic E-state index is 14.7. The van der Waals surface area contributed by atoms with Gasteiger partial charge in [-0.05, 0) is 42.2 Å². The van der Waals surface area contributed by atoms with Crippen LogP contribution in [0.3, 0.4) is 0 Å². The van der Waals surface area contributed by atoms with Crippen LogP contribution >= 0.6 is 11.6 Å². The zero-order chi connectivity index (χ0) is 22.9. The summed E-state index contributed by atoms with van der Waals surface area (Å²) >= 11 is 6.07. The third kappa shape index (κ3) is 4.38. The molecule has 1 aliphatic rings. The number of anilines is 1. The molecule has 0 saturated carbocycles. The van der Waals surface area contributed by atoms with E-state index in [9.17, 15) is 14.3 Å². The molecule has 3 aromatic rings. The normalized spacial score (nSPS) is 14.5.